The molecule has 0 radical (unpaired) electrons. The van der Waals surface area contributed by atoms with Crippen molar-refractivity contribution in [3.63, 3.8) is 0 Å². The van der Waals surface area contributed by atoms with E-state index < -0.39 is 11.6 Å². The fraction of sp³-hybridized carbons (Fsp3) is 0.111. The number of hydrogen-bond donors (Lipinski definition) is 0. The second kappa shape index (κ2) is 3.68. The summed E-state index contributed by atoms with van der Waals surface area (Å²) >= 11 is 5.40. The SMILES string of the molecule is C=C(CCl)c1c(F)cccc1F. The van der Waals surface area contributed by atoms with Crippen LogP contribution in [0.1, 0.15) is 5.56 Å². The molecular formula is C9H7ClF2. The molecule has 0 fully saturated rings. The van der Waals surface area contributed by atoms with Crippen LogP contribution in [-0.2, 0) is 0 Å². The highest BCUT2D eigenvalue weighted by Gasteiger charge is 2.09. The summed E-state index contributed by atoms with van der Waals surface area (Å²) in [5.74, 6) is -1.22. The van der Waals surface area contributed by atoms with Gasteiger partial charge in [-0.15, -0.1) is 11.6 Å². The molecule has 0 amide bonds. The van der Waals surface area contributed by atoms with E-state index in [1.54, 1.807) is 0 Å². The van der Waals surface area contributed by atoms with E-state index in [9.17, 15) is 8.78 Å². The molecule has 0 aromatic heterocycles. The van der Waals surface area contributed by atoms with Crippen molar-refractivity contribution in [3.8, 4) is 0 Å². The Morgan fingerprint density at radius 1 is 1.33 bits per heavy atom. The number of rotatable bonds is 2. The molecule has 12 heavy (non-hydrogen) atoms. The Morgan fingerprint density at radius 2 is 1.83 bits per heavy atom. The van der Waals surface area contributed by atoms with E-state index in [0.29, 0.717) is 0 Å². The second-order valence-electron chi connectivity index (χ2n) is 2.33. The quantitative estimate of drug-likeness (QED) is 0.626. The van der Waals surface area contributed by atoms with Gasteiger partial charge in [0.25, 0.3) is 0 Å². The van der Waals surface area contributed by atoms with E-state index in [0.717, 1.165) is 0 Å². The lowest BCUT2D eigenvalue weighted by atomic mass is 10.1. The minimum absolute atomic E-state index is 0.0256. The molecule has 64 valence electrons. The minimum atomic E-state index is -0.624. The van der Waals surface area contributed by atoms with Crippen LogP contribution in [-0.4, -0.2) is 5.88 Å². The molecular weight excluding hydrogens is 182 g/mol. The zero-order chi connectivity index (χ0) is 9.14. The Hall–Kier alpha value is -0.890. The van der Waals surface area contributed by atoms with Crippen LogP contribution >= 0.6 is 11.6 Å². The largest absolute Gasteiger partial charge is 0.206 e. The van der Waals surface area contributed by atoms with Gasteiger partial charge in [-0.1, -0.05) is 12.6 Å². The topological polar surface area (TPSA) is 0 Å². The van der Waals surface area contributed by atoms with Crippen LogP contribution in [0.2, 0.25) is 0 Å². The van der Waals surface area contributed by atoms with E-state index in [1.807, 2.05) is 0 Å². The first-order chi connectivity index (χ1) is 5.66. The molecule has 1 aromatic rings. The van der Waals surface area contributed by atoms with Gasteiger partial charge < -0.3 is 0 Å². The van der Waals surface area contributed by atoms with Crippen molar-refractivity contribution >= 4 is 17.2 Å². The van der Waals surface area contributed by atoms with Gasteiger partial charge in [-0.25, -0.2) is 8.78 Å². The van der Waals surface area contributed by atoms with Gasteiger partial charge in [0, 0.05) is 11.4 Å². The van der Waals surface area contributed by atoms with Gasteiger partial charge in [-0.05, 0) is 17.7 Å². The van der Waals surface area contributed by atoms with Crippen molar-refractivity contribution < 1.29 is 8.78 Å². The average Bonchev–Trinajstić information content (AvgIpc) is 2.03. The van der Waals surface area contributed by atoms with Crippen LogP contribution in [0.4, 0.5) is 8.78 Å². The predicted molar refractivity (Wildman–Crippen MR) is 46.1 cm³/mol. The normalized spacial score (nSPS) is 9.92. The fourth-order valence-electron chi connectivity index (χ4n) is 0.902. The van der Waals surface area contributed by atoms with Crippen LogP contribution < -0.4 is 0 Å². The Kier molecular flexibility index (Phi) is 2.82. The molecule has 3 heteroatoms. The van der Waals surface area contributed by atoms with Crippen LogP contribution in [0.25, 0.3) is 5.57 Å². The first kappa shape index (κ1) is 9.20. The standard InChI is InChI=1S/C9H7ClF2/c1-6(5-10)9-7(11)3-2-4-8(9)12/h2-4H,1,5H2. The molecule has 1 rings (SSSR count). The maximum atomic E-state index is 12.9. The summed E-state index contributed by atoms with van der Waals surface area (Å²) in [6, 6.07) is 3.65. The third-order valence-electron chi connectivity index (χ3n) is 1.48. The highest BCUT2D eigenvalue weighted by Crippen LogP contribution is 2.20. The molecule has 0 saturated heterocycles. The molecule has 0 aliphatic heterocycles. The number of benzene rings is 1. The van der Waals surface area contributed by atoms with Crippen molar-refractivity contribution in [3.05, 3.63) is 42.0 Å². The maximum absolute atomic E-state index is 12.9. The highest BCUT2D eigenvalue weighted by atomic mass is 35.5. The Morgan fingerprint density at radius 3 is 2.25 bits per heavy atom. The molecule has 1 aromatic carbocycles. The predicted octanol–water partition coefficient (Wildman–Crippen LogP) is 3.22. The monoisotopic (exact) mass is 188 g/mol. The van der Waals surface area contributed by atoms with Gasteiger partial charge in [0.15, 0.2) is 0 Å². The Balaban J connectivity index is 3.21. The van der Waals surface area contributed by atoms with Crippen molar-refractivity contribution in [2.45, 2.75) is 0 Å². The molecule has 0 atom stereocenters. The van der Waals surface area contributed by atoms with Gasteiger partial charge in [-0.2, -0.15) is 0 Å². The van der Waals surface area contributed by atoms with Crippen molar-refractivity contribution in [2.24, 2.45) is 0 Å². The Bertz CT molecular complexity index is 287. The van der Waals surface area contributed by atoms with E-state index in [1.165, 1.54) is 18.2 Å². The molecule has 0 nitrogen and oxygen atoms in total. The summed E-state index contributed by atoms with van der Waals surface area (Å²) in [4.78, 5) is 0. The molecule has 0 unspecified atom stereocenters. The third kappa shape index (κ3) is 1.64. The van der Waals surface area contributed by atoms with Crippen molar-refractivity contribution in [1.82, 2.24) is 0 Å². The smallest absolute Gasteiger partial charge is 0.133 e. The average molecular weight is 189 g/mol. The second-order valence-corrected chi connectivity index (χ2v) is 2.60. The van der Waals surface area contributed by atoms with E-state index in [2.05, 4.69) is 6.58 Å². The van der Waals surface area contributed by atoms with E-state index in [4.69, 9.17) is 11.6 Å². The van der Waals surface area contributed by atoms with Crippen molar-refractivity contribution in [1.29, 1.82) is 0 Å². The minimum Gasteiger partial charge on any atom is -0.206 e. The van der Waals surface area contributed by atoms with Gasteiger partial charge in [0.2, 0.25) is 0 Å². The lowest BCUT2D eigenvalue weighted by molar-refractivity contribution is 0.577. The zero-order valence-electron chi connectivity index (χ0n) is 6.28. The lowest BCUT2D eigenvalue weighted by Crippen LogP contribution is -1.94. The molecule has 0 aliphatic rings. The molecule has 0 N–H and O–H groups in total. The fourth-order valence-corrected chi connectivity index (χ4v) is 1.04. The van der Waals surface area contributed by atoms with E-state index >= 15 is 0 Å². The number of halogens is 3. The summed E-state index contributed by atoms with van der Waals surface area (Å²) in [6.07, 6.45) is 0. The summed E-state index contributed by atoms with van der Waals surface area (Å²) in [5.41, 5.74) is 0.139. The summed E-state index contributed by atoms with van der Waals surface area (Å²) < 4.78 is 25.9. The van der Waals surface area contributed by atoms with E-state index in [-0.39, 0.29) is 17.0 Å². The summed E-state index contributed by atoms with van der Waals surface area (Å²) in [6.45, 7) is 3.45. The summed E-state index contributed by atoms with van der Waals surface area (Å²) in [7, 11) is 0. The van der Waals surface area contributed by atoms with Crippen LogP contribution in [0, 0.1) is 11.6 Å². The molecule has 0 bridgehead atoms. The van der Waals surface area contributed by atoms with Crippen molar-refractivity contribution in [2.75, 3.05) is 5.88 Å². The van der Waals surface area contributed by atoms with Gasteiger partial charge in [0.1, 0.15) is 11.6 Å². The molecule has 0 heterocycles. The van der Waals surface area contributed by atoms with Crippen LogP contribution in [0.3, 0.4) is 0 Å². The Labute approximate surface area is 74.5 Å². The van der Waals surface area contributed by atoms with Gasteiger partial charge in [0.05, 0.1) is 0 Å². The maximum Gasteiger partial charge on any atom is 0.133 e. The summed E-state index contributed by atoms with van der Waals surface area (Å²) in [5, 5.41) is 0. The highest BCUT2D eigenvalue weighted by molar-refractivity contribution is 6.23. The van der Waals surface area contributed by atoms with Gasteiger partial charge in [-0.3, -0.25) is 0 Å². The third-order valence-corrected chi connectivity index (χ3v) is 1.80. The first-order valence-electron chi connectivity index (χ1n) is 3.35. The number of hydrogen-bond acceptors (Lipinski definition) is 0. The zero-order valence-corrected chi connectivity index (χ0v) is 7.04. The lowest BCUT2D eigenvalue weighted by Gasteiger charge is -2.03. The molecule has 0 aliphatic carbocycles. The van der Waals surface area contributed by atoms with Crippen LogP contribution in [0.15, 0.2) is 24.8 Å². The molecule has 0 saturated carbocycles. The van der Waals surface area contributed by atoms with Gasteiger partial charge >= 0.3 is 0 Å². The van der Waals surface area contributed by atoms with Crippen LogP contribution in [0.5, 0.6) is 0 Å². The molecule has 0 spiro atoms. The first-order valence-corrected chi connectivity index (χ1v) is 3.88. The number of allylic oxidation sites excluding steroid dienone is 1. The number of alkyl halides is 1.